The van der Waals surface area contributed by atoms with Crippen molar-refractivity contribution in [3.63, 3.8) is 0 Å². The van der Waals surface area contributed by atoms with Gasteiger partial charge in [0.2, 0.25) is 5.13 Å². The van der Waals surface area contributed by atoms with Crippen LogP contribution in [0.1, 0.15) is 35.8 Å². The lowest BCUT2D eigenvalue weighted by Crippen LogP contribution is -2.02. The first-order valence-corrected chi connectivity index (χ1v) is 9.42. The molecule has 0 saturated heterocycles. The molecule has 24 heavy (non-hydrogen) atoms. The van der Waals surface area contributed by atoms with Crippen molar-refractivity contribution in [2.75, 3.05) is 11.1 Å². The Morgan fingerprint density at radius 2 is 2.04 bits per heavy atom. The molecule has 5 nitrogen and oxygen atoms in total. The normalized spacial score (nSPS) is 11.0. The van der Waals surface area contributed by atoms with Crippen LogP contribution in [0.4, 0.5) is 10.8 Å². The molecule has 0 aliphatic rings. The van der Waals surface area contributed by atoms with E-state index in [2.05, 4.69) is 46.5 Å². The minimum Gasteiger partial charge on any atom is -0.359 e. The molecule has 0 radical (unpaired) electrons. The quantitative estimate of drug-likeness (QED) is 0.473. The van der Waals surface area contributed by atoms with E-state index in [1.54, 1.807) is 12.3 Å². The monoisotopic (exact) mass is 358 g/mol. The number of aromatic amines is 1. The average Bonchev–Trinajstić information content (AvgIpc) is 3.25. The Balaban J connectivity index is 1.56. The number of hydrogen-bond acceptors (Lipinski definition) is 6. The van der Waals surface area contributed by atoms with Crippen LogP contribution in [-0.2, 0) is 0 Å². The topological polar surface area (TPSA) is 70.7 Å². The van der Waals surface area contributed by atoms with Gasteiger partial charge in [-0.15, -0.1) is 10.2 Å². The molecule has 7 heteroatoms. The average molecular weight is 358 g/mol. The molecule has 2 N–H and O–H groups in total. The van der Waals surface area contributed by atoms with Gasteiger partial charge in [0.25, 0.3) is 0 Å². The van der Waals surface area contributed by atoms with Crippen LogP contribution in [0.3, 0.4) is 0 Å². The van der Waals surface area contributed by atoms with E-state index in [1.165, 1.54) is 28.7 Å². The number of carbonyl (C=O) groups is 1. The smallest absolute Gasteiger partial charge is 0.210 e. The fraction of sp³-hybridized carbons (Fsp3) is 0.235. The third-order valence-corrected chi connectivity index (χ3v) is 5.43. The number of anilines is 2. The van der Waals surface area contributed by atoms with Crippen molar-refractivity contribution >= 4 is 39.7 Å². The second-order valence-electron chi connectivity index (χ2n) is 5.57. The Bertz CT molecular complexity index is 794. The van der Waals surface area contributed by atoms with Gasteiger partial charge < -0.3 is 10.3 Å². The van der Waals surface area contributed by atoms with Gasteiger partial charge in [-0.1, -0.05) is 49.1 Å². The van der Waals surface area contributed by atoms with Crippen LogP contribution in [0.25, 0.3) is 0 Å². The Labute approximate surface area is 148 Å². The molecule has 0 saturated carbocycles. The summed E-state index contributed by atoms with van der Waals surface area (Å²) in [6.45, 7) is 4.34. The number of thioether (sulfide) groups is 1. The number of benzene rings is 1. The van der Waals surface area contributed by atoms with Crippen molar-refractivity contribution < 1.29 is 4.79 Å². The van der Waals surface area contributed by atoms with Gasteiger partial charge in [0.1, 0.15) is 0 Å². The van der Waals surface area contributed by atoms with Gasteiger partial charge >= 0.3 is 0 Å². The molecular formula is C17H18N4OS2. The van der Waals surface area contributed by atoms with Gasteiger partial charge in [-0.25, -0.2) is 0 Å². The fourth-order valence-electron chi connectivity index (χ4n) is 2.10. The predicted molar refractivity (Wildman–Crippen MR) is 99.6 cm³/mol. The minimum atomic E-state index is 0.0546. The molecule has 0 unspecified atom stereocenters. The lowest BCUT2D eigenvalue weighted by molar-refractivity contribution is 0.101. The van der Waals surface area contributed by atoms with Gasteiger partial charge in [0.05, 0.1) is 11.4 Å². The number of nitrogens with one attached hydrogen (secondary N) is 2. The summed E-state index contributed by atoms with van der Waals surface area (Å²) in [6, 6.07) is 11.9. The lowest BCUT2D eigenvalue weighted by atomic mass is 10.0. The molecule has 0 amide bonds. The number of Topliss-reactive ketones (excluding diaryl/α,β-unsaturated/α-hetero) is 1. The molecule has 0 spiro atoms. The van der Waals surface area contributed by atoms with Crippen LogP contribution in [0.15, 0.2) is 46.9 Å². The van der Waals surface area contributed by atoms with Gasteiger partial charge in [-0.2, -0.15) is 0 Å². The van der Waals surface area contributed by atoms with E-state index < -0.39 is 0 Å². The lowest BCUT2D eigenvalue weighted by Gasteiger charge is -2.06. The van der Waals surface area contributed by atoms with Crippen LogP contribution >= 0.6 is 23.1 Å². The molecule has 0 bridgehead atoms. The largest absolute Gasteiger partial charge is 0.359 e. The zero-order valence-corrected chi connectivity index (χ0v) is 15.1. The Hall–Kier alpha value is -2.12. The summed E-state index contributed by atoms with van der Waals surface area (Å²) in [5, 5.41) is 12.2. The summed E-state index contributed by atoms with van der Waals surface area (Å²) in [5.74, 6) is 0.915. The summed E-state index contributed by atoms with van der Waals surface area (Å²) >= 11 is 2.84. The summed E-state index contributed by atoms with van der Waals surface area (Å²) < 4.78 is 0.774. The summed E-state index contributed by atoms with van der Waals surface area (Å²) in [4.78, 5) is 14.9. The zero-order valence-electron chi connectivity index (χ0n) is 13.4. The van der Waals surface area contributed by atoms with Crippen LogP contribution in [0, 0.1) is 0 Å². The van der Waals surface area contributed by atoms with E-state index in [-0.39, 0.29) is 5.78 Å². The first-order chi connectivity index (χ1) is 11.6. The van der Waals surface area contributed by atoms with E-state index in [1.807, 2.05) is 18.2 Å². The molecule has 3 aromatic rings. The zero-order chi connectivity index (χ0) is 16.9. The number of aromatic nitrogens is 3. The van der Waals surface area contributed by atoms with Gasteiger partial charge in [0.15, 0.2) is 10.1 Å². The molecule has 2 heterocycles. The van der Waals surface area contributed by atoms with E-state index in [9.17, 15) is 4.79 Å². The number of rotatable bonds is 7. The second kappa shape index (κ2) is 7.63. The molecule has 124 valence electrons. The van der Waals surface area contributed by atoms with Crippen molar-refractivity contribution in [2.45, 2.75) is 24.1 Å². The Morgan fingerprint density at radius 3 is 2.71 bits per heavy atom. The highest BCUT2D eigenvalue weighted by molar-refractivity contribution is 8.01. The minimum absolute atomic E-state index is 0.0546. The highest BCUT2D eigenvalue weighted by Crippen LogP contribution is 2.28. The molecule has 2 aromatic heterocycles. The SMILES string of the molecule is CC(C)c1ccc(Nc2nnc(SCC(=O)c3ccc[nH]3)s2)cc1. The van der Waals surface area contributed by atoms with E-state index in [0.717, 1.165) is 15.2 Å². The van der Waals surface area contributed by atoms with Crippen molar-refractivity contribution in [1.82, 2.24) is 15.2 Å². The number of hydrogen-bond donors (Lipinski definition) is 2. The molecule has 0 aliphatic heterocycles. The highest BCUT2D eigenvalue weighted by Gasteiger charge is 2.10. The third-order valence-electron chi connectivity index (χ3n) is 3.46. The highest BCUT2D eigenvalue weighted by atomic mass is 32.2. The third kappa shape index (κ3) is 4.24. The molecule has 3 rings (SSSR count). The van der Waals surface area contributed by atoms with Crippen molar-refractivity contribution in [3.05, 3.63) is 53.9 Å². The Morgan fingerprint density at radius 1 is 1.25 bits per heavy atom. The maximum atomic E-state index is 12.0. The van der Waals surface area contributed by atoms with Crippen molar-refractivity contribution in [2.24, 2.45) is 0 Å². The molecule has 1 aromatic carbocycles. The molecule has 0 aliphatic carbocycles. The summed E-state index contributed by atoms with van der Waals surface area (Å²) in [5.41, 5.74) is 2.90. The first kappa shape index (κ1) is 16.7. The molecule has 0 fully saturated rings. The summed E-state index contributed by atoms with van der Waals surface area (Å²) in [6.07, 6.45) is 1.75. The Kier molecular flexibility index (Phi) is 5.32. The molecular weight excluding hydrogens is 340 g/mol. The van der Waals surface area contributed by atoms with Gasteiger partial charge in [-0.3, -0.25) is 4.79 Å². The van der Waals surface area contributed by atoms with Crippen LogP contribution in [0.5, 0.6) is 0 Å². The number of nitrogens with zero attached hydrogens (tertiary/aromatic N) is 2. The second-order valence-corrected chi connectivity index (χ2v) is 7.77. The maximum Gasteiger partial charge on any atom is 0.210 e. The van der Waals surface area contributed by atoms with Crippen LogP contribution in [-0.4, -0.2) is 26.7 Å². The number of carbonyl (C=O) groups excluding carboxylic acids is 1. The van der Waals surface area contributed by atoms with E-state index >= 15 is 0 Å². The predicted octanol–water partition coefficient (Wildman–Crippen LogP) is 4.71. The standard InChI is InChI=1S/C17H18N4OS2/c1-11(2)12-5-7-13(8-6-12)19-16-20-21-17(24-16)23-10-15(22)14-4-3-9-18-14/h3-9,11,18H,10H2,1-2H3,(H,19,20). The number of ketones is 1. The summed E-state index contributed by atoms with van der Waals surface area (Å²) in [7, 11) is 0. The first-order valence-electron chi connectivity index (χ1n) is 7.61. The van der Waals surface area contributed by atoms with Crippen molar-refractivity contribution in [3.8, 4) is 0 Å². The fourth-order valence-corrected chi connectivity index (χ4v) is 3.76. The van der Waals surface area contributed by atoms with Crippen LogP contribution in [0.2, 0.25) is 0 Å². The van der Waals surface area contributed by atoms with Gasteiger partial charge in [0, 0.05) is 11.9 Å². The van der Waals surface area contributed by atoms with Crippen LogP contribution < -0.4 is 5.32 Å². The van der Waals surface area contributed by atoms with Crippen molar-refractivity contribution in [1.29, 1.82) is 0 Å². The maximum absolute atomic E-state index is 12.0. The van der Waals surface area contributed by atoms with E-state index in [4.69, 9.17) is 0 Å². The number of H-pyrrole nitrogens is 1. The molecule has 0 atom stereocenters. The van der Waals surface area contributed by atoms with Gasteiger partial charge in [-0.05, 0) is 35.7 Å². The van der Waals surface area contributed by atoms with E-state index in [0.29, 0.717) is 17.4 Å².